The van der Waals surface area contributed by atoms with Gasteiger partial charge in [0.05, 0.1) is 13.2 Å². The van der Waals surface area contributed by atoms with Gasteiger partial charge in [0.25, 0.3) is 5.56 Å². The molecule has 1 aliphatic rings. The van der Waals surface area contributed by atoms with Gasteiger partial charge in [-0.1, -0.05) is 0 Å². The minimum absolute atomic E-state index is 0.330. The number of nitrogens with one attached hydrogen (secondary N) is 1. The number of phosphoric acid groups is 2. The molecule has 0 spiro atoms. The molecule has 206 valence electrons. The van der Waals surface area contributed by atoms with E-state index in [2.05, 4.69) is 13.6 Å². The third kappa shape index (κ3) is 7.91. The Morgan fingerprint density at radius 3 is 2.31 bits per heavy atom. The highest BCUT2D eigenvalue weighted by molar-refractivity contribution is 7.47. The van der Waals surface area contributed by atoms with Gasteiger partial charge in [0.2, 0.25) is 0 Å². The van der Waals surface area contributed by atoms with Crippen LogP contribution in [0.1, 0.15) is 6.23 Å². The summed E-state index contributed by atoms with van der Waals surface area (Å²) < 4.78 is 42.7. The average molecular weight is 566 g/mol. The quantitative estimate of drug-likeness (QED) is 0.0797. The Kier molecular flexibility index (Phi) is 10.4. The maximum atomic E-state index is 12.4. The van der Waals surface area contributed by atoms with Crippen LogP contribution in [0.15, 0.2) is 21.9 Å². The van der Waals surface area contributed by atoms with Crippen molar-refractivity contribution in [2.24, 2.45) is 0 Å². The maximum Gasteiger partial charge on any atom is 0.472 e. The van der Waals surface area contributed by atoms with Crippen LogP contribution in [-0.4, -0.2) is 112 Å². The number of nitrogens with zero attached hydrogens (tertiary/aromatic N) is 1. The van der Waals surface area contributed by atoms with Gasteiger partial charge in [-0.15, -0.1) is 0 Å². The van der Waals surface area contributed by atoms with Crippen molar-refractivity contribution in [3.05, 3.63) is 33.1 Å². The Balaban J connectivity index is 2.17. The second-order valence-corrected chi connectivity index (χ2v) is 9.93. The molecular weight excluding hydrogens is 542 g/mol. The predicted octanol–water partition coefficient (Wildman–Crippen LogP) is -4.95. The largest absolute Gasteiger partial charge is 0.472 e. The van der Waals surface area contributed by atoms with E-state index in [-0.39, 0.29) is 6.29 Å². The van der Waals surface area contributed by atoms with E-state index in [4.69, 9.17) is 19.6 Å². The Bertz CT molecular complexity index is 1100. The Hall–Kier alpha value is -1.67. The summed E-state index contributed by atoms with van der Waals surface area (Å²) in [5, 5.41) is 48.9. The number of aliphatic hydroxyl groups is 5. The number of aromatic amines is 1. The molecule has 9 N–H and O–H groups in total. The van der Waals surface area contributed by atoms with E-state index >= 15 is 0 Å². The van der Waals surface area contributed by atoms with Gasteiger partial charge in [-0.05, 0) is 0 Å². The molecule has 0 radical (unpaired) electrons. The predicted molar refractivity (Wildman–Crippen MR) is 110 cm³/mol. The second-order valence-electron chi connectivity index (χ2n) is 7.34. The normalized spacial score (nSPS) is 27.7. The molecule has 0 bridgehead atoms. The third-order valence-electron chi connectivity index (χ3n) is 4.75. The highest BCUT2D eigenvalue weighted by Crippen LogP contribution is 2.48. The number of ether oxygens (including phenoxy) is 1. The van der Waals surface area contributed by atoms with Crippen LogP contribution in [0, 0.1) is 0 Å². The van der Waals surface area contributed by atoms with Crippen LogP contribution in [0.25, 0.3) is 0 Å². The summed E-state index contributed by atoms with van der Waals surface area (Å²) in [4.78, 5) is 64.0. The summed E-state index contributed by atoms with van der Waals surface area (Å²) in [7, 11) is -10.9. The van der Waals surface area contributed by atoms with E-state index < -0.39 is 89.1 Å². The SMILES string of the molecule is O=C[C@H](OP(=O)(O)O)[C@@H](OP(=O)(O)OC[C@H]1O[C@@H](n2ccc(=O)[nH]c2=O)[C@H](O)[C@@H]1O)[C@H](O)[C@H](O)CO. The zero-order valence-corrected chi connectivity index (χ0v) is 19.6. The highest BCUT2D eigenvalue weighted by atomic mass is 31.2. The van der Waals surface area contributed by atoms with E-state index in [1.807, 2.05) is 4.98 Å². The smallest absolute Gasteiger partial charge is 0.394 e. The topological polar surface area (TPSA) is 305 Å². The fourth-order valence-electron chi connectivity index (χ4n) is 3.04. The lowest BCUT2D eigenvalue weighted by atomic mass is 10.0. The summed E-state index contributed by atoms with van der Waals surface area (Å²) in [6.45, 7) is -2.21. The standard InChI is InChI=1S/C15H24N2O17P2/c18-3-6(20)10(22)13(7(4-19)33-35(26,27)28)34-36(29,30)31-5-8-11(23)12(24)14(32-8)17-2-1-9(21)16-15(17)25/h1-2,4,6-8,10-14,18,20,22-24H,3,5H2,(H,29,30)(H,16,21,25)(H2,26,27,28)/t6-,7+,8-,10-,11-,12-,13-,14-/m1/s1. The van der Waals surface area contributed by atoms with E-state index in [1.165, 1.54) is 0 Å². The number of aromatic nitrogens is 2. The van der Waals surface area contributed by atoms with Gasteiger partial charge < -0.3 is 49.7 Å². The first kappa shape index (κ1) is 30.6. The second kappa shape index (κ2) is 12.2. The van der Waals surface area contributed by atoms with Gasteiger partial charge >= 0.3 is 21.3 Å². The van der Waals surface area contributed by atoms with E-state index in [0.29, 0.717) is 4.57 Å². The molecule has 19 nitrogen and oxygen atoms in total. The van der Waals surface area contributed by atoms with Crippen molar-refractivity contribution < 1.29 is 72.4 Å². The van der Waals surface area contributed by atoms with Crippen LogP contribution in [0.4, 0.5) is 0 Å². The number of aldehydes is 1. The van der Waals surface area contributed by atoms with Crippen molar-refractivity contribution >= 4 is 21.9 Å². The number of aliphatic hydroxyl groups excluding tert-OH is 5. The lowest BCUT2D eigenvalue weighted by molar-refractivity contribution is -0.134. The molecule has 1 fully saturated rings. The molecule has 1 unspecified atom stereocenters. The Labute approximate surface area is 199 Å². The minimum Gasteiger partial charge on any atom is -0.394 e. The minimum atomic E-state index is -5.44. The number of rotatable bonds is 13. The van der Waals surface area contributed by atoms with Crippen molar-refractivity contribution in [1.29, 1.82) is 0 Å². The first-order chi connectivity index (χ1) is 16.6. The Morgan fingerprint density at radius 1 is 1.14 bits per heavy atom. The average Bonchev–Trinajstić information content (AvgIpc) is 3.06. The van der Waals surface area contributed by atoms with Crippen LogP contribution in [0.2, 0.25) is 0 Å². The van der Waals surface area contributed by atoms with Crippen molar-refractivity contribution in [2.75, 3.05) is 13.2 Å². The first-order valence-electron chi connectivity index (χ1n) is 9.75. The van der Waals surface area contributed by atoms with Crippen molar-refractivity contribution in [3.63, 3.8) is 0 Å². The van der Waals surface area contributed by atoms with E-state index in [9.17, 15) is 48.8 Å². The van der Waals surface area contributed by atoms with Gasteiger partial charge in [-0.25, -0.2) is 13.9 Å². The van der Waals surface area contributed by atoms with E-state index in [1.54, 1.807) is 0 Å². The summed E-state index contributed by atoms with van der Waals surface area (Å²) in [5.74, 6) is 0. The van der Waals surface area contributed by atoms with Crippen LogP contribution in [-0.2, 0) is 32.2 Å². The summed E-state index contributed by atoms with van der Waals surface area (Å²) in [6, 6.07) is 0.916. The number of carbonyl (C=O) groups is 1. The molecule has 21 heteroatoms. The first-order valence-corrected chi connectivity index (χ1v) is 12.8. The number of carbonyl (C=O) groups excluding carboxylic acids is 1. The monoisotopic (exact) mass is 566 g/mol. The van der Waals surface area contributed by atoms with Gasteiger partial charge in [-0.3, -0.25) is 27.9 Å². The molecule has 2 rings (SSSR count). The molecule has 1 saturated heterocycles. The zero-order chi connectivity index (χ0) is 27.4. The van der Waals surface area contributed by atoms with Crippen LogP contribution >= 0.6 is 15.6 Å². The summed E-state index contributed by atoms with van der Waals surface area (Å²) in [5.41, 5.74) is -1.78. The van der Waals surface area contributed by atoms with Gasteiger partial charge in [-0.2, -0.15) is 0 Å². The molecule has 0 saturated carbocycles. The number of hydrogen-bond donors (Lipinski definition) is 9. The summed E-state index contributed by atoms with van der Waals surface area (Å²) in [6.07, 6.45) is -15.6. The number of phosphoric ester groups is 2. The van der Waals surface area contributed by atoms with Gasteiger partial charge in [0.1, 0.15) is 36.6 Å². The summed E-state index contributed by atoms with van der Waals surface area (Å²) >= 11 is 0. The third-order valence-corrected chi connectivity index (χ3v) is 6.26. The van der Waals surface area contributed by atoms with Crippen LogP contribution < -0.4 is 11.2 Å². The van der Waals surface area contributed by atoms with Crippen LogP contribution in [0.3, 0.4) is 0 Å². The number of hydrogen-bond acceptors (Lipinski definition) is 14. The number of H-pyrrole nitrogens is 1. The molecule has 1 aliphatic heterocycles. The van der Waals surface area contributed by atoms with E-state index in [0.717, 1.165) is 12.3 Å². The maximum absolute atomic E-state index is 12.4. The van der Waals surface area contributed by atoms with Crippen molar-refractivity contribution in [3.8, 4) is 0 Å². The lowest BCUT2D eigenvalue weighted by Gasteiger charge is -2.30. The fourth-order valence-corrected chi connectivity index (χ4v) is 4.48. The van der Waals surface area contributed by atoms with Crippen molar-refractivity contribution in [1.82, 2.24) is 9.55 Å². The van der Waals surface area contributed by atoms with Gasteiger partial charge in [0.15, 0.2) is 18.6 Å². The van der Waals surface area contributed by atoms with Crippen molar-refractivity contribution in [2.45, 2.75) is 49.0 Å². The molecule has 36 heavy (non-hydrogen) atoms. The molecular formula is C15H24N2O17P2. The molecule has 2 heterocycles. The zero-order valence-electron chi connectivity index (χ0n) is 17.9. The lowest BCUT2D eigenvalue weighted by Crippen LogP contribution is -2.48. The highest BCUT2D eigenvalue weighted by Gasteiger charge is 2.47. The fraction of sp³-hybridized carbons (Fsp3) is 0.667. The van der Waals surface area contributed by atoms with Crippen LogP contribution in [0.5, 0.6) is 0 Å². The molecule has 0 aliphatic carbocycles. The molecule has 0 aromatic carbocycles. The Morgan fingerprint density at radius 2 is 1.78 bits per heavy atom. The molecule has 1 aromatic rings. The molecule has 1 aromatic heterocycles. The molecule has 0 amide bonds. The molecule has 9 atom stereocenters. The van der Waals surface area contributed by atoms with Gasteiger partial charge in [0, 0.05) is 12.3 Å².